The van der Waals surface area contributed by atoms with Gasteiger partial charge in [-0.1, -0.05) is 13.8 Å². The highest BCUT2D eigenvalue weighted by atomic mass is 15.1. The Morgan fingerprint density at radius 1 is 1.38 bits per heavy atom. The largest absolute Gasteiger partial charge is 0.301 e. The molecule has 0 spiro atoms. The number of nitrogens with zero attached hydrogens (tertiary/aromatic N) is 2. The molecule has 0 amide bonds. The molecule has 0 heterocycles. The molecular weight excluding hydrogens is 198 g/mol. The van der Waals surface area contributed by atoms with Gasteiger partial charge in [0.2, 0.25) is 0 Å². The minimum absolute atomic E-state index is 0.377. The van der Waals surface area contributed by atoms with E-state index in [1.165, 1.54) is 0 Å². The van der Waals surface area contributed by atoms with E-state index in [2.05, 4.69) is 44.0 Å². The maximum Gasteiger partial charge on any atom is 0.105 e. The molecule has 0 radical (unpaired) electrons. The number of nitrogens with one attached hydrogen (secondary N) is 1. The summed E-state index contributed by atoms with van der Waals surface area (Å²) in [6.45, 7) is 13.6. The van der Waals surface area contributed by atoms with Crippen molar-refractivity contribution in [3.05, 3.63) is 0 Å². The van der Waals surface area contributed by atoms with Gasteiger partial charge >= 0.3 is 0 Å². The second kappa shape index (κ2) is 7.65. The highest BCUT2D eigenvalue weighted by molar-refractivity contribution is 5.03. The van der Waals surface area contributed by atoms with Crippen LogP contribution in [0.25, 0.3) is 0 Å². The van der Waals surface area contributed by atoms with Crippen LogP contribution >= 0.6 is 0 Å². The van der Waals surface area contributed by atoms with Crippen molar-refractivity contribution in [2.24, 2.45) is 0 Å². The zero-order valence-corrected chi connectivity index (χ0v) is 11.5. The van der Waals surface area contributed by atoms with Crippen molar-refractivity contribution in [3.63, 3.8) is 0 Å². The van der Waals surface area contributed by atoms with Crippen LogP contribution < -0.4 is 5.32 Å². The molecule has 16 heavy (non-hydrogen) atoms. The van der Waals surface area contributed by atoms with Crippen molar-refractivity contribution in [3.8, 4) is 6.07 Å². The monoisotopic (exact) mass is 225 g/mol. The third kappa shape index (κ3) is 5.48. The second-order valence-corrected chi connectivity index (χ2v) is 4.84. The van der Waals surface area contributed by atoms with Gasteiger partial charge in [-0.15, -0.1) is 0 Å². The van der Waals surface area contributed by atoms with Crippen LogP contribution in [0.3, 0.4) is 0 Å². The fraction of sp³-hybridized carbons (Fsp3) is 0.923. The molecule has 0 saturated carbocycles. The topological polar surface area (TPSA) is 39.1 Å². The van der Waals surface area contributed by atoms with Crippen molar-refractivity contribution in [1.29, 1.82) is 5.26 Å². The molecule has 0 aliphatic carbocycles. The number of nitriles is 1. The highest BCUT2D eigenvalue weighted by Gasteiger charge is 2.23. The average Bonchev–Trinajstić information content (AvgIpc) is 2.27. The smallest absolute Gasteiger partial charge is 0.105 e. The fourth-order valence-electron chi connectivity index (χ4n) is 1.73. The molecule has 0 aliphatic rings. The maximum absolute atomic E-state index is 9.21. The van der Waals surface area contributed by atoms with E-state index in [0.717, 1.165) is 32.5 Å². The van der Waals surface area contributed by atoms with Crippen molar-refractivity contribution >= 4 is 0 Å². The van der Waals surface area contributed by atoms with Crippen LogP contribution in [0.2, 0.25) is 0 Å². The first-order chi connectivity index (χ1) is 7.49. The molecule has 0 aromatic rings. The summed E-state index contributed by atoms with van der Waals surface area (Å²) >= 11 is 0. The third-order valence-corrected chi connectivity index (χ3v) is 3.05. The van der Waals surface area contributed by atoms with Gasteiger partial charge in [0, 0.05) is 12.6 Å². The van der Waals surface area contributed by atoms with Crippen LogP contribution in [-0.4, -0.2) is 36.1 Å². The molecular formula is C13H27N3. The molecule has 0 bridgehead atoms. The molecule has 3 heteroatoms. The van der Waals surface area contributed by atoms with Gasteiger partial charge in [0.15, 0.2) is 0 Å². The summed E-state index contributed by atoms with van der Waals surface area (Å²) < 4.78 is 0. The predicted octanol–water partition coefficient (Wildman–Crippen LogP) is 2.39. The molecule has 0 aliphatic heterocycles. The Morgan fingerprint density at radius 3 is 2.38 bits per heavy atom. The van der Waals surface area contributed by atoms with E-state index in [1.807, 2.05) is 6.92 Å². The summed E-state index contributed by atoms with van der Waals surface area (Å²) in [6, 6.07) is 2.95. The zero-order chi connectivity index (χ0) is 12.6. The van der Waals surface area contributed by atoms with Crippen molar-refractivity contribution in [1.82, 2.24) is 10.2 Å². The van der Waals surface area contributed by atoms with E-state index >= 15 is 0 Å². The van der Waals surface area contributed by atoms with Gasteiger partial charge < -0.3 is 4.90 Å². The lowest BCUT2D eigenvalue weighted by molar-refractivity contribution is 0.211. The fourth-order valence-corrected chi connectivity index (χ4v) is 1.73. The summed E-state index contributed by atoms with van der Waals surface area (Å²) in [5.74, 6) is 0. The van der Waals surface area contributed by atoms with Crippen molar-refractivity contribution in [2.45, 2.75) is 59.0 Å². The molecule has 0 fully saturated rings. The van der Waals surface area contributed by atoms with Gasteiger partial charge in [0.25, 0.3) is 0 Å². The second-order valence-electron chi connectivity index (χ2n) is 4.84. The van der Waals surface area contributed by atoms with Crippen molar-refractivity contribution < 1.29 is 0 Å². The summed E-state index contributed by atoms with van der Waals surface area (Å²) in [4.78, 5) is 2.39. The number of hydrogen-bond acceptors (Lipinski definition) is 3. The van der Waals surface area contributed by atoms with Crippen LogP contribution in [0.15, 0.2) is 0 Å². The molecule has 3 nitrogen and oxygen atoms in total. The van der Waals surface area contributed by atoms with E-state index in [0.29, 0.717) is 6.04 Å². The average molecular weight is 225 g/mol. The molecule has 0 rings (SSSR count). The first kappa shape index (κ1) is 15.4. The van der Waals surface area contributed by atoms with Gasteiger partial charge in [-0.05, 0) is 46.7 Å². The van der Waals surface area contributed by atoms with Gasteiger partial charge in [-0.2, -0.15) is 5.26 Å². The SMILES string of the molecule is CCCNC(C)(C#N)CCN(CC)C(C)C. The van der Waals surface area contributed by atoms with Gasteiger partial charge in [-0.25, -0.2) is 0 Å². The van der Waals surface area contributed by atoms with Gasteiger partial charge in [0.1, 0.15) is 5.54 Å². The minimum atomic E-state index is -0.377. The molecule has 0 saturated heterocycles. The number of hydrogen-bond donors (Lipinski definition) is 1. The lowest BCUT2D eigenvalue weighted by atomic mass is 9.99. The Morgan fingerprint density at radius 2 is 2.00 bits per heavy atom. The summed E-state index contributed by atoms with van der Waals surface area (Å²) in [5, 5.41) is 12.5. The van der Waals surface area contributed by atoms with E-state index in [-0.39, 0.29) is 5.54 Å². The van der Waals surface area contributed by atoms with Crippen LogP contribution in [0, 0.1) is 11.3 Å². The maximum atomic E-state index is 9.21. The first-order valence-corrected chi connectivity index (χ1v) is 6.39. The van der Waals surface area contributed by atoms with E-state index in [9.17, 15) is 5.26 Å². The highest BCUT2D eigenvalue weighted by Crippen LogP contribution is 2.11. The lowest BCUT2D eigenvalue weighted by Gasteiger charge is -2.30. The van der Waals surface area contributed by atoms with Crippen LogP contribution in [0.5, 0.6) is 0 Å². The van der Waals surface area contributed by atoms with E-state index in [4.69, 9.17) is 0 Å². The summed E-state index contributed by atoms with van der Waals surface area (Å²) in [6.07, 6.45) is 1.95. The Labute approximate surface area is 101 Å². The summed E-state index contributed by atoms with van der Waals surface area (Å²) in [5.41, 5.74) is -0.377. The Bertz CT molecular complexity index is 220. The van der Waals surface area contributed by atoms with Crippen LogP contribution in [0.1, 0.15) is 47.5 Å². The predicted molar refractivity (Wildman–Crippen MR) is 69.3 cm³/mol. The lowest BCUT2D eigenvalue weighted by Crippen LogP contribution is -2.45. The Balaban J connectivity index is 4.17. The Hall–Kier alpha value is -0.590. The zero-order valence-electron chi connectivity index (χ0n) is 11.5. The van der Waals surface area contributed by atoms with E-state index < -0.39 is 0 Å². The van der Waals surface area contributed by atoms with Gasteiger partial charge in [-0.3, -0.25) is 5.32 Å². The molecule has 94 valence electrons. The molecule has 0 aromatic heterocycles. The first-order valence-electron chi connectivity index (χ1n) is 6.39. The van der Waals surface area contributed by atoms with Crippen molar-refractivity contribution in [2.75, 3.05) is 19.6 Å². The quantitative estimate of drug-likeness (QED) is 0.689. The Kier molecular flexibility index (Phi) is 7.36. The minimum Gasteiger partial charge on any atom is -0.301 e. The van der Waals surface area contributed by atoms with E-state index in [1.54, 1.807) is 0 Å². The molecule has 1 N–H and O–H groups in total. The number of rotatable bonds is 8. The molecule has 1 unspecified atom stereocenters. The molecule has 0 aromatic carbocycles. The molecule has 1 atom stereocenters. The van der Waals surface area contributed by atoms with Crippen LogP contribution in [-0.2, 0) is 0 Å². The summed E-state index contributed by atoms with van der Waals surface area (Å²) in [7, 11) is 0. The third-order valence-electron chi connectivity index (χ3n) is 3.05. The van der Waals surface area contributed by atoms with Crippen LogP contribution in [0.4, 0.5) is 0 Å². The standard InChI is InChI=1S/C13H27N3/c1-6-9-15-13(5,11-14)8-10-16(7-2)12(3)4/h12,15H,6-10H2,1-5H3. The normalized spacial score (nSPS) is 15.1. The van der Waals surface area contributed by atoms with Gasteiger partial charge in [0.05, 0.1) is 6.07 Å².